The Kier molecular flexibility index (Phi) is 5.67. The maximum Gasteiger partial charge on any atom is 0.0991 e. The molecule has 3 rings (SSSR count). The summed E-state index contributed by atoms with van der Waals surface area (Å²) in [5.74, 6) is 0. The highest BCUT2D eigenvalue weighted by atomic mass is 15.1. The van der Waals surface area contributed by atoms with E-state index in [9.17, 15) is 0 Å². The standard InChI is InChI=1S/C21H22N4/c22-12-9-17-5-7-20(8-6-17)24-21-10-13-25(14-11-21)16-19-3-1-18(15-23)2-4-19/h1-8,21,24H,9-11,13-14,16H2. The predicted octanol–water partition coefficient (Wildman–Crippen LogP) is 3.70. The third kappa shape index (κ3) is 4.83. The summed E-state index contributed by atoms with van der Waals surface area (Å²) in [4.78, 5) is 2.47. The minimum Gasteiger partial charge on any atom is -0.382 e. The zero-order chi connectivity index (χ0) is 17.5. The van der Waals surface area contributed by atoms with Crippen LogP contribution < -0.4 is 5.32 Å². The minimum absolute atomic E-state index is 0.466. The Labute approximate surface area is 149 Å². The zero-order valence-corrected chi connectivity index (χ0v) is 14.3. The first-order valence-electron chi connectivity index (χ1n) is 8.70. The molecule has 0 atom stereocenters. The van der Waals surface area contributed by atoms with Crippen LogP contribution in [0.1, 0.15) is 29.5 Å². The van der Waals surface area contributed by atoms with E-state index in [0.29, 0.717) is 18.0 Å². The molecule has 1 aliphatic heterocycles. The van der Waals surface area contributed by atoms with Crippen molar-refractivity contribution in [3.63, 3.8) is 0 Å². The van der Waals surface area contributed by atoms with E-state index in [-0.39, 0.29) is 0 Å². The number of nitrogens with one attached hydrogen (secondary N) is 1. The molecule has 25 heavy (non-hydrogen) atoms. The molecule has 0 bridgehead atoms. The molecule has 0 saturated carbocycles. The molecule has 4 heteroatoms. The fourth-order valence-corrected chi connectivity index (χ4v) is 3.22. The van der Waals surface area contributed by atoms with Crippen LogP contribution in [-0.2, 0) is 13.0 Å². The Morgan fingerprint density at radius 1 is 0.920 bits per heavy atom. The number of nitrogens with zero attached hydrogens (tertiary/aromatic N) is 3. The summed E-state index contributed by atoms with van der Waals surface area (Å²) in [6.07, 6.45) is 2.71. The van der Waals surface area contributed by atoms with Gasteiger partial charge in [0.25, 0.3) is 0 Å². The van der Waals surface area contributed by atoms with Gasteiger partial charge < -0.3 is 5.32 Å². The molecular formula is C21H22N4. The van der Waals surface area contributed by atoms with E-state index in [4.69, 9.17) is 10.5 Å². The van der Waals surface area contributed by atoms with Crippen LogP contribution >= 0.6 is 0 Å². The van der Waals surface area contributed by atoms with E-state index in [1.807, 2.05) is 36.4 Å². The zero-order valence-electron chi connectivity index (χ0n) is 14.3. The molecule has 0 amide bonds. The van der Waals surface area contributed by atoms with Gasteiger partial charge in [-0.1, -0.05) is 24.3 Å². The van der Waals surface area contributed by atoms with Crippen molar-refractivity contribution in [2.24, 2.45) is 0 Å². The van der Waals surface area contributed by atoms with Crippen LogP contribution in [0, 0.1) is 22.7 Å². The highest BCUT2D eigenvalue weighted by molar-refractivity contribution is 5.46. The maximum atomic E-state index is 8.86. The van der Waals surface area contributed by atoms with Crippen LogP contribution in [-0.4, -0.2) is 24.0 Å². The molecule has 0 radical (unpaired) electrons. The molecule has 1 fully saturated rings. The lowest BCUT2D eigenvalue weighted by molar-refractivity contribution is 0.211. The van der Waals surface area contributed by atoms with Crippen LogP contribution in [0.15, 0.2) is 48.5 Å². The van der Waals surface area contributed by atoms with Crippen LogP contribution in [0.4, 0.5) is 5.69 Å². The van der Waals surface area contributed by atoms with Gasteiger partial charge in [0.05, 0.1) is 24.1 Å². The van der Waals surface area contributed by atoms with E-state index >= 15 is 0 Å². The van der Waals surface area contributed by atoms with Crippen molar-refractivity contribution >= 4 is 5.69 Å². The Morgan fingerprint density at radius 2 is 1.56 bits per heavy atom. The Balaban J connectivity index is 1.46. The third-order valence-electron chi connectivity index (χ3n) is 4.68. The quantitative estimate of drug-likeness (QED) is 0.908. The first-order valence-corrected chi connectivity index (χ1v) is 8.70. The van der Waals surface area contributed by atoms with Crippen molar-refractivity contribution < 1.29 is 0 Å². The lowest BCUT2D eigenvalue weighted by Crippen LogP contribution is -2.38. The number of rotatable bonds is 5. The maximum absolute atomic E-state index is 8.86. The van der Waals surface area contributed by atoms with E-state index < -0.39 is 0 Å². The van der Waals surface area contributed by atoms with Gasteiger partial charge in [-0.15, -0.1) is 0 Å². The smallest absolute Gasteiger partial charge is 0.0991 e. The summed E-state index contributed by atoms with van der Waals surface area (Å²) in [6.45, 7) is 3.09. The van der Waals surface area contributed by atoms with Crippen LogP contribution in [0.3, 0.4) is 0 Å². The second-order valence-corrected chi connectivity index (χ2v) is 6.54. The van der Waals surface area contributed by atoms with Crippen molar-refractivity contribution in [2.45, 2.75) is 31.8 Å². The molecule has 0 aromatic heterocycles. The average molecular weight is 330 g/mol. The number of hydrogen-bond acceptors (Lipinski definition) is 4. The van der Waals surface area contributed by atoms with Crippen molar-refractivity contribution in [2.75, 3.05) is 18.4 Å². The number of piperidine rings is 1. The highest BCUT2D eigenvalue weighted by Gasteiger charge is 2.19. The minimum atomic E-state index is 0.466. The Morgan fingerprint density at radius 3 is 2.16 bits per heavy atom. The van der Waals surface area contributed by atoms with Crippen molar-refractivity contribution in [1.82, 2.24) is 4.90 Å². The molecule has 1 heterocycles. The number of benzene rings is 2. The first kappa shape index (κ1) is 17.0. The molecule has 0 aliphatic carbocycles. The summed E-state index contributed by atoms with van der Waals surface area (Å²) in [7, 11) is 0. The van der Waals surface area contributed by atoms with Gasteiger partial charge in [-0.25, -0.2) is 0 Å². The second-order valence-electron chi connectivity index (χ2n) is 6.54. The normalized spacial score (nSPS) is 15.3. The second kappa shape index (κ2) is 8.33. The lowest BCUT2D eigenvalue weighted by Gasteiger charge is -2.33. The number of nitriles is 2. The summed E-state index contributed by atoms with van der Waals surface area (Å²) in [6, 6.07) is 20.9. The van der Waals surface area contributed by atoms with E-state index in [1.165, 1.54) is 5.56 Å². The first-order chi connectivity index (χ1) is 12.3. The predicted molar refractivity (Wildman–Crippen MR) is 98.8 cm³/mol. The van der Waals surface area contributed by atoms with Crippen LogP contribution in [0.2, 0.25) is 0 Å². The van der Waals surface area contributed by atoms with Gasteiger partial charge in [0, 0.05) is 31.4 Å². The molecule has 1 saturated heterocycles. The number of likely N-dealkylation sites (tertiary alicyclic amines) is 1. The van der Waals surface area contributed by atoms with E-state index in [1.54, 1.807) is 0 Å². The number of hydrogen-bond donors (Lipinski definition) is 1. The molecule has 2 aromatic carbocycles. The van der Waals surface area contributed by atoms with Crippen molar-refractivity contribution in [1.29, 1.82) is 10.5 Å². The largest absolute Gasteiger partial charge is 0.382 e. The van der Waals surface area contributed by atoms with Gasteiger partial charge in [0.15, 0.2) is 0 Å². The van der Waals surface area contributed by atoms with Crippen molar-refractivity contribution in [3.05, 3.63) is 65.2 Å². The summed E-state index contributed by atoms with van der Waals surface area (Å²) in [5.41, 5.74) is 4.17. The van der Waals surface area contributed by atoms with Gasteiger partial charge in [0.1, 0.15) is 0 Å². The Hall–Kier alpha value is -2.82. The van der Waals surface area contributed by atoms with Crippen LogP contribution in [0.5, 0.6) is 0 Å². The fraction of sp³-hybridized carbons (Fsp3) is 0.333. The van der Waals surface area contributed by atoms with Crippen LogP contribution in [0.25, 0.3) is 0 Å². The van der Waals surface area contributed by atoms with Gasteiger partial charge in [-0.3, -0.25) is 4.90 Å². The Bertz CT molecular complexity index is 758. The summed E-state index contributed by atoms with van der Waals surface area (Å²) in [5, 5.41) is 21.2. The molecule has 126 valence electrons. The monoisotopic (exact) mass is 330 g/mol. The van der Waals surface area contributed by atoms with E-state index in [2.05, 4.69) is 34.5 Å². The lowest BCUT2D eigenvalue weighted by atomic mass is 10.0. The average Bonchev–Trinajstić information content (AvgIpc) is 2.66. The van der Waals surface area contributed by atoms with Gasteiger partial charge in [0.2, 0.25) is 0 Å². The molecule has 0 spiro atoms. The summed E-state index contributed by atoms with van der Waals surface area (Å²) < 4.78 is 0. The molecular weight excluding hydrogens is 308 g/mol. The molecule has 1 N–H and O–H groups in total. The molecule has 2 aromatic rings. The van der Waals surface area contributed by atoms with Gasteiger partial charge in [-0.2, -0.15) is 10.5 Å². The molecule has 0 unspecified atom stereocenters. The van der Waals surface area contributed by atoms with Crippen molar-refractivity contribution in [3.8, 4) is 12.1 Å². The van der Waals surface area contributed by atoms with Gasteiger partial charge >= 0.3 is 0 Å². The SMILES string of the molecule is N#CCc1ccc(NC2CCN(Cc3ccc(C#N)cc3)CC2)cc1. The topological polar surface area (TPSA) is 62.9 Å². The number of anilines is 1. The third-order valence-corrected chi connectivity index (χ3v) is 4.68. The molecule has 4 nitrogen and oxygen atoms in total. The summed E-state index contributed by atoms with van der Waals surface area (Å²) >= 11 is 0. The van der Waals surface area contributed by atoms with Gasteiger partial charge in [-0.05, 0) is 48.2 Å². The van der Waals surface area contributed by atoms with E-state index in [0.717, 1.165) is 43.7 Å². The fourth-order valence-electron chi connectivity index (χ4n) is 3.22. The highest BCUT2D eigenvalue weighted by Crippen LogP contribution is 2.19. The molecule has 1 aliphatic rings.